The molecule has 0 bridgehead atoms. The van der Waals surface area contributed by atoms with Crippen molar-refractivity contribution in [2.45, 2.75) is 25.8 Å². The first-order chi connectivity index (χ1) is 8.75. The van der Waals surface area contributed by atoms with Crippen LogP contribution >= 0.6 is 0 Å². The summed E-state index contributed by atoms with van der Waals surface area (Å²) in [6.07, 6.45) is 3.28. The minimum atomic E-state index is 0.834. The summed E-state index contributed by atoms with van der Waals surface area (Å²) in [7, 11) is 2.17. The third-order valence-corrected chi connectivity index (χ3v) is 3.49. The summed E-state index contributed by atoms with van der Waals surface area (Å²) < 4.78 is 0. The molecule has 1 aromatic carbocycles. The van der Waals surface area contributed by atoms with Crippen LogP contribution in [0.1, 0.15) is 24.8 Å². The highest BCUT2D eigenvalue weighted by Crippen LogP contribution is 2.10. The molecule has 1 fully saturated rings. The van der Waals surface area contributed by atoms with Gasteiger partial charge in [-0.15, -0.1) is 0 Å². The van der Waals surface area contributed by atoms with Crippen LogP contribution in [0.2, 0.25) is 0 Å². The van der Waals surface area contributed by atoms with E-state index in [4.69, 9.17) is 5.41 Å². The van der Waals surface area contributed by atoms with Crippen molar-refractivity contribution in [3.63, 3.8) is 0 Å². The van der Waals surface area contributed by atoms with Crippen LogP contribution < -0.4 is 0 Å². The molecule has 98 valence electrons. The van der Waals surface area contributed by atoms with E-state index in [1.54, 1.807) is 0 Å². The Kier molecular flexibility index (Phi) is 4.76. The number of rotatable bonds is 6. The lowest BCUT2D eigenvalue weighted by Gasteiger charge is -2.21. The first-order valence-corrected chi connectivity index (χ1v) is 6.80. The Morgan fingerprint density at radius 1 is 1.28 bits per heavy atom. The van der Waals surface area contributed by atoms with Crippen molar-refractivity contribution in [3.05, 3.63) is 35.9 Å². The highest BCUT2D eigenvalue weighted by molar-refractivity contribution is 5.80. The lowest BCUT2D eigenvalue weighted by atomic mass is 10.2. The highest BCUT2D eigenvalue weighted by atomic mass is 15.2. The first kappa shape index (κ1) is 13.1. The molecule has 0 amide bonds. The molecule has 0 unspecified atom stereocenters. The van der Waals surface area contributed by atoms with Crippen LogP contribution in [0.25, 0.3) is 0 Å². The van der Waals surface area contributed by atoms with Crippen molar-refractivity contribution in [1.82, 2.24) is 9.80 Å². The van der Waals surface area contributed by atoms with E-state index in [1.807, 2.05) is 0 Å². The topological polar surface area (TPSA) is 30.3 Å². The Labute approximate surface area is 110 Å². The molecule has 1 heterocycles. The Balaban J connectivity index is 1.66. The molecule has 2 rings (SSSR count). The summed E-state index contributed by atoms with van der Waals surface area (Å²) in [4.78, 5) is 4.57. The molecule has 1 aromatic rings. The van der Waals surface area contributed by atoms with Crippen molar-refractivity contribution in [2.75, 3.05) is 26.7 Å². The van der Waals surface area contributed by atoms with E-state index in [9.17, 15) is 0 Å². The Morgan fingerprint density at radius 2 is 2.06 bits per heavy atom. The fourth-order valence-corrected chi connectivity index (χ4v) is 2.48. The maximum absolute atomic E-state index is 7.78. The SMILES string of the molecule is CN(CCCN1CCCC1=N)Cc1ccccc1. The number of benzene rings is 1. The molecule has 1 N–H and O–H groups in total. The molecule has 1 aliphatic rings. The number of nitrogens with one attached hydrogen (secondary N) is 1. The van der Waals surface area contributed by atoms with E-state index in [2.05, 4.69) is 47.2 Å². The van der Waals surface area contributed by atoms with E-state index in [-0.39, 0.29) is 0 Å². The van der Waals surface area contributed by atoms with Gasteiger partial charge < -0.3 is 9.80 Å². The standard InChI is InChI=1S/C15H23N3/c1-17(13-14-7-3-2-4-8-14)10-6-12-18-11-5-9-15(18)16/h2-4,7-8,16H,5-6,9-13H2,1H3. The maximum atomic E-state index is 7.78. The van der Waals surface area contributed by atoms with Gasteiger partial charge in [-0.1, -0.05) is 30.3 Å². The van der Waals surface area contributed by atoms with E-state index in [0.717, 1.165) is 44.9 Å². The van der Waals surface area contributed by atoms with Crippen molar-refractivity contribution in [2.24, 2.45) is 0 Å². The summed E-state index contributed by atoms with van der Waals surface area (Å²) in [5, 5.41) is 7.78. The van der Waals surface area contributed by atoms with Crippen LogP contribution in [0, 0.1) is 5.41 Å². The summed E-state index contributed by atoms with van der Waals surface area (Å²) in [6, 6.07) is 10.6. The lowest BCUT2D eigenvalue weighted by Crippen LogP contribution is -2.28. The zero-order chi connectivity index (χ0) is 12.8. The monoisotopic (exact) mass is 245 g/mol. The number of hydrogen-bond acceptors (Lipinski definition) is 2. The minimum Gasteiger partial charge on any atom is -0.360 e. The van der Waals surface area contributed by atoms with Gasteiger partial charge in [0.2, 0.25) is 0 Å². The van der Waals surface area contributed by atoms with Gasteiger partial charge >= 0.3 is 0 Å². The molecular weight excluding hydrogens is 222 g/mol. The third kappa shape index (κ3) is 3.84. The molecule has 3 nitrogen and oxygen atoms in total. The van der Waals surface area contributed by atoms with Gasteiger partial charge in [0, 0.05) is 26.1 Å². The van der Waals surface area contributed by atoms with Gasteiger partial charge in [0.1, 0.15) is 0 Å². The fraction of sp³-hybridized carbons (Fsp3) is 0.533. The Bertz CT molecular complexity index is 375. The van der Waals surface area contributed by atoms with Crippen LogP contribution in [-0.4, -0.2) is 42.3 Å². The molecule has 0 radical (unpaired) electrons. The van der Waals surface area contributed by atoms with Crippen molar-refractivity contribution >= 4 is 5.84 Å². The van der Waals surface area contributed by atoms with Crippen LogP contribution in [-0.2, 0) is 6.54 Å². The molecule has 1 saturated heterocycles. The molecule has 0 aromatic heterocycles. The predicted octanol–water partition coefficient (Wildman–Crippen LogP) is 2.58. The van der Waals surface area contributed by atoms with E-state index < -0.39 is 0 Å². The molecule has 0 spiro atoms. The van der Waals surface area contributed by atoms with Crippen molar-refractivity contribution in [3.8, 4) is 0 Å². The quantitative estimate of drug-likeness (QED) is 0.835. The van der Waals surface area contributed by atoms with Crippen LogP contribution in [0.3, 0.4) is 0 Å². The van der Waals surface area contributed by atoms with Crippen LogP contribution in [0.5, 0.6) is 0 Å². The van der Waals surface area contributed by atoms with Gasteiger partial charge in [-0.05, 0) is 32.0 Å². The summed E-state index contributed by atoms with van der Waals surface area (Å²) in [6.45, 7) is 4.23. The van der Waals surface area contributed by atoms with Crippen LogP contribution in [0.4, 0.5) is 0 Å². The van der Waals surface area contributed by atoms with Crippen LogP contribution in [0.15, 0.2) is 30.3 Å². The second kappa shape index (κ2) is 6.55. The third-order valence-electron chi connectivity index (χ3n) is 3.49. The first-order valence-electron chi connectivity index (χ1n) is 6.80. The molecule has 0 saturated carbocycles. The van der Waals surface area contributed by atoms with Gasteiger partial charge in [-0.25, -0.2) is 0 Å². The van der Waals surface area contributed by atoms with Gasteiger partial charge in [-0.2, -0.15) is 0 Å². The summed E-state index contributed by atoms with van der Waals surface area (Å²) in [5.41, 5.74) is 1.37. The molecule has 0 atom stereocenters. The number of hydrogen-bond donors (Lipinski definition) is 1. The fourth-order valence-electron chi connectivity index (χ4n) is 2.48. The largest absolute Gasteiger partial charge is 0.360 e. The zero-order valence-electron chi connectivity index (χ0n) is 11.2. The van der Waals surface area contributed by atoms with Crippen molar-refractivity contribution in [1.29, 1.82) is 5.41 Å². The average molecular weight is 245 g/mol. The maximum Gasteiger partial charge on any atom is 0.0958 e. The molecule has 0 aliphatic carbocycles. The second-order valence-electron chi connectivity index (χ2n) is 5.11. The molecule has 1 aliphatic heterocycles. The normalized spacial score (nSPS) is 15.7. The predicted molar refractivity (Wildman–Crippen MR) is 75.9 cm³/mol. The van der Waals surface area contributed by atoms with Gasteiger partial charge in [0.05, 0.1) is 5.84 Å². The number of amidine groups is 1. The van der Waals surface area contributed by atoms with E-state index in [1.165, 1.54) is 12.0 Å². The Hall–Kier alpha value is -1.35. The summed E-state index contributed by atoms with van der Waals surface area (Å²) in [5.74, 6) is 0.834. The lowest BCUT2D eigenvalue weighted by molar-refractivity contribution is 0.303. The number of nitrogens with zero attached hydrogens (tertiary/aromatic N) is 2. The van der Waals surface area contributed by atoms with Crippen molar-refractivity contribution < 1.29 is 0 Å². The Morgan fingerprint density at radius 3 is 2.72 bits per heavy atom. The van der Waals surface area contributed by atoms with E-state index in [0.29, 0.717) is 0 Å². The van der Waals surface area contributed by atoms with Gasteiger partial charge in [0.15, 0.2) is 0 Å². The van der Waals surface area contributed by atoms with Gasteiger partial charge in [-0.3, -0.25) is 5.41 Å². The summed E-state index contributed by atoms with van der Waals surface area (Å²) >= 11 is 0. The second-order valence-corrected chi connectivity index (χ2v) is 5.11. The number of likely N-dealkylation sites (tertiary alicyclic amines) is 1. The van der Waals surface area contributed by atoms with Gasteiger partial charge in [0.25, 0.3) is 0 Å². The zero-order valence-corrected chi connectivity index (χ0v) is 11.2. The molecular formula is C15H23N3. The molecule has 3 heteroatoms. The molecule has 18 heavy (non-hydrogen) atoms. The highest BCUT2D eigenvalue weighted by Gasteiger charge is 2.15. The minimum absolute atomic E-state index is 0.834. The smallest absolute Gasteiger partial charge is 0.0958 e. The van der Waals surface area contributed by atoms with E-state index >= 15 is 0 Å². The average Bonchev–Trinajstić information content (AvgIpc) is 2.76.